The first-order chi connectivity index (χ1) is 10.0. The van der Waals surface area contributed by atoms with Crippen LogP contribution in [0.3, 0.4) is 0 Å². The molecule has 4 nitrogen and oxygen atoms in total. The molecule has 1 heterocycles. The zero-order valence-electron chi connectivity index (χ0n) is 12.4. The topological polar surface area (TPSA) is 44.4 Å². The molecule has 1 aromatic rings. The Hall–Kier alpha value is -0.430. The van der Waals surface area contributed by atoms with Crippen LogP contribution < -0.4 is 10.6 Å². The van der Waals surface area contributed by atoms with Crippen LogP contribution in [0.15, 0.2) is 21.1 Å². The molecule has 0 saturated carbocycles. The van der Waals surface area contributed by atoms with Crippen LogP contribution in [-0.2, 0) is 4.79 Å². The maximum atomic E-state index is 12.3. The fourth-order valence-corrected chi connectivity index (χ4v) is 4.01. The van der Waals surface area contributed by atoms with Crippen LogP contribution >= 0.6 is 31.9 Å². The van der Waals surface area contributed by atoms with Gasteiger partial charge in [-0.15, -0.1) is 0 Å². The number of carbonyl (C=O) groups excluding carboxylic acids is 1. The lowest BCUT2D eigenvalue weighted by molar-refractivity contribution is -0.118. The molecule has 1 saturated heterocycles. The zero-order valence-corrected chi connectivity index (χ0v) is 15.6. The van der Waals surface area contributed by atoms with E-state index in [0.29, 0.717) is 12.6 Å². The van der Waals surface area contributed by atoms with Crippen molar-refractivity contribution in [3.8, 4) is 0 Å². The number of aryl methyl sites for hydroxylation is 1. The summed E-state index contributed by atoms with van der Waals surface area (Å²) in [7, 11) is 0. The van der Waals surface area contributed by atoms with E-state index in [9.17, 15) is 4.79 Å². The molecule has 1 amide bonds. The Balaban J connectivity index is 2.00. The minimum Gasteiger partial charge on any atom is -0.323 e. The number of amides is 1. The lowest BCUT2D eigenvalue weighted by Crippen LogP contribution is -2.58. The first-order valence-corrected chi connectivity index (χ1v) is 8.80. The van der Waals surface area contributed by atoms with Gasteiger partial charge in [0.1, 0.15) is 0 Å². The van der Waals surface area contributed by atoms with Crippen LogP contribution in [0.2, 0.25) is 0 Å². The summed E-state index contributed by atoms with van der Waals surface area (Å²) in [5.41, 5.74) is 1.94. The maximum Gasteiger partial charge on any atom is 0.238 e. The second-order valence-corrected chi connectivity index (χ2v) is 7.14. The van der Waals surface area contributed by atoms with E-state index in [2.05, 4.69) is 54.3 Å². The van der Waals surface area contributed by atoms with E-state index in [4.69, 9.17) is 0 Å². The smallest absolute Gasteiger partial charge is 0.238 e. The number of nitrogens with one attached hydrogen (secondary N) is 2. The van der Waals surface area contributed by atoms with E-state index in [1.807, 2.05) is 19.1 Å². The molecule has 0 aliphatic carbocycles. The number of benzene rings is 1. The number of anilines is 1. The second kappa shape index (κ2) is 7.72. The summed E-state index contributed by atoms with van der Waals surface area (Å²) < 4.78 is 1.80. The van der Waals surface area contributed by atoms with Gasteiger partial charge in [0.15, 0.2) is 0 Å². The number of rotatable bonds is 6. The van der Waals surface area contributed by atoms with Gasteiger partial charge in [-0.2, -0.15) is 0 Å². The predicted octanol–water partition coefficient (Wildman–Crippen LogP) is 3.14. The van der Waals surface area contributed by atoms with E-state index >= 15 is 0 Å². The Morgan fingerprint density at radius 1 is 1.38 bits per heavy atom. The third-order valence-corrected chi connectivity index (χ3v) is 4.84. The van der Waals surface area contributed by atoms with Crippen molar-refractivity contribution < 1.29 is 4.79 Å². The number of hydrogen-bond acceptors (Lipinski definition) is 3. The number of hydrogen-bond donors (Lipinski definition) is 2. The second-order valence-electron chi connectivity index (χ2n) is 5.43. The van der Waals surface area contributed by atoms with Crippen molar-refractivity contribution in [2.45, 2.75) is 26.3 Å². The number of carbonyl (C=O) groups is 1. The molecule has 0 aromatic heterocycles. The third kappa shape index (κ3) is 4.52. The molecule has 0 bridgehead atoms. The summed E-state index contributed by atoms with van der Waals surface area (Å²) in [6.45, 7) is 7.51. The van der Waals surface area contributed by atoms with Crippen molar-refractivity contribution >= 4 is 43.5 Å². The van der Waals surface area contributed by atoms with Gasteiger partial charge in [0.05, 0.1) is 12.2 Å². The summed E-state index contributed by atoms with van der Waals surface area (Å²) in [5.74, 6) is 0.0283. The van der Waals surface area contributed by atoms with Crippen LogP contribution in [0, 0.1) is 6.92 Å². The lowest BCUT2D eigenvalue weighted by atomic mass is 10.1. The highest BCUT2D eigenvalue weighted by molar-refractivity contribution is 9.11. The molecule has 0 radical (unpaired) electrons. The Morgan fingerprint density at radius 2 is 2.00 bits per heavy atom. The fourth-order valence-electron chi connectivity index (χ4n) is 2.39. The van der Waals surface area contributed by atoms with Crippen molar-refractivity contribution in [3.05, 3.63) is 26.6 Å². The van der Waals surface area contributed by atoms with Crippen molar-refractivity contribution in [2.75, 3.05) is 31.5 Å². The molecule has 1 aliphatic heterocycles. The summed E-state index contributed by atoms with van der Waals surface area (Å²) in [6, 6.07) is 4.49. The SMILES string of the molecule is CCCN(CC(=O)Nc1c(Br)cc(C)cc1Br)C1CNC1. The molecule has 2 N–H and O–H groups in total. The van der Waals surface area contributed by atoms with Crippen LogP contribution in [0.25, 0.3) is 0 Å². The minimum absolute atomic E-state index is 0.0283. The van der Waals surface area contributed by atoms with Gasteiger partial charge in [0, 0.05) is 28.1 Å². The average molecular weight is 419 g/mol. The summed E-state index contributed by atoms with van der Waals surface area (Å²) in [6.07, 6.45) is 1.06. The van der Waals surface area contributed by atoms with Gasteiger partial charge < -0.3 is 10.6 Å². The van der Waals surface area contributed by atoms with Crippen LogP contribution in [-0.4, -0.2) is 43.0 Å². The van der Waals surface area contributed by atoms with Crippen LogP contribution in [0.1, 0.15) is 18.9 Å². The van der Waals surface area contributed by atoms with E-state index < -0.39 is 0 Å². The van der Waals surface area contributed by atoms with Crippen molar-refractivity contribution in [2.24, 2.45) is 0 Å². The Labute approximate surface area is 142 Å². The number of halogens is 2. The van der Waals surface area contributed by atoms with E-state index in [0.717, 1.165) is 46.3 Å². The number of nitrogens with zero attached hydrogens (tertiary/aromatic N) is 1. The third-order valence-electron chi connectivity index (χ3n) is 3.58. The van der Waals surface area contributed by atoms with E-state index in [-0.39, 0.29) is 5.91 Å². The van der Waals surface area contributed by atoms with Crippen LogP contribution in [0.4, 0.5) is 5.69 Å². The lowest BCUT2D eigenvalue weighted by Gasteiger charge is -2.37. The molecule has 6 heteroatoms. The molecule has 0 atom stereocenters. The molecule has 2 rings (SSSR count). The normalized spacial score (nSPS) is 15.1. The molecule has 21 heavy (non-hydrogen) atoms. The van der Waals surface area contributed by atoms with Crippen molar-refractivity contribution in [1.29, 1.82) is 0 Å². The van der Waals surface area contributed by atoms with Gasteiger partial charge in [-0.1, -0.05) is 6.92 Å². The largest absolute Gasteiger partial charge is 0.323 e. The van der Waals surface area contributed by atoms with Gasteiger partial charge in [-0.05, 0) is 69.4 Å². The summed E-state index contributed by atoms with van der Waals surface area (Å²) in [4.78, 5) is 14.6. The van der Waals surface area contributed by atoms with E-state index in [1.165, 1.54) is 0 Å². The summed E-state index contributed by atoms with van der Waals surface area (Å²) >= 11 is 7.02. The average Bonchev–Trinajstić information content (AvgIpc) is 2.31. The molecule has 0 unspecified atom stereocenters. The Morgan fingerprint density at radius 3 is 2.48 bits per heavy atom. The van der Waals surface area contributed by atoms with E-state index in [1.54, 1.807) is 0 Å². The highest BCUT2D eigenvalue weighted by Crippen LogP contribution is 2.32. The highest BCUT2D eigenvalue weighted by Gasteiger charge is 2.25. The van der Waals surface area contributed by atoms with Gasteiger partial charge in [-0.3, -0.25) is 9.69 Å². The molecule has 116 valence electrons. The molecule has 1 fully saturated rings. The minimum atomic E-state index is 0.0283. The molecule has 0 spiro atoms. The van der Waals surface area contributed by atoms with Crippen molar-refractivity contribution in [1.82, 2.24) is 10.2 Å². The Bertz CT molecular complexity index is 495. The summed E-state index contributed by atoms with van der Waals surface area (Å²) in [5, 5.41) is 6.26. The predicted molar refractivity (Wildman–Crippen MR) is 93.7 cm³/mol. The fraction of sp³-hybridized carbons (Fsp3) is 0.533. The van der Waals surface area contributed by atoms with Gasteiger partial charge in [-0.25, -0.2) is 0 Å². The van der Waals surface area contributed by atoms with Gasteiger partial charge in [0.2, 0.25) is 5.91 Å². The highest BCUT2D eigenvalue weighted by atomic mass is 79.9. The van der Waals surface area contributed by atoms with Gasteiger partial charge in [0.25, 0.3) is 0 Å². The van der Waals surface area contributed by atoms with Crippen molar-refractivity contribution in [3.63, 3.8) is 0 Å². The molecule has 1 aliphatic rings. The monoisotopic (exact) mass is 417 g/mol. The Kier molecular flexibility index (Phi) is 6.22. The quantitative estimate of drug-likeness (QED) is 0.745. The maximum absolute atomic E-state index is 12.3. The molecule has 1 aromatic carbocycles. The van der Waals surface area contributed by atoms with Gasteiger partial charge >= 0.3 is 0 Å². The van der Waals surface area contributed by atoms with Crippen LogP contribution in [0.5, 0.6) is 0 Å². The first kappa shape index (κ1) is 16.9. The zero-order chi connectivity index (χ0) is 15.4. The molecular formula is C15H21Br2N3O. The standard InChI is InChI=1S/C15H21Br2N3O/c1-3-4-20(11-7-18-8-11)9-14(21)19-15-12(16)5-10(2)6-13(15)17/h5-6,11,18H,3-4,7-9H2,1-2H3,(H,19,21). The molecular weight excluding hydrogens is 398 g/mol. The first-order valence-electron chi connectivity index (χ1n) is 7.21.